The Kier molecular flexibility index (Phi) is 2.03. The van der Waals surface area contributed by atoms with Crippen molar-refractivity contribution in [2.24, 2.45) is 5.41 Å². The Morgan fingerprint density at radius 2 is 2.04 bits per heavy atom. The van der Waals surface area contributed by atoms with E-state index in [0.717, 1.165) is 12.0 Å². The summed E-state index contributed by atoms with van der Waals surface area (Å²) in [4.78, 5) is 13.1. The van der Waals surface area contributed by atoms with E-state index in [1.807, 2.05) is 18.2 Å². The molecule has 0 radical (unpaired) electrons. The molecule has 7 rings (SSSR count). The molecule has 0 aromatic rings. The SMILES string of the molecule is O=C1O[C@]23C(=C[C@]14CCC1(OCCO1)[C@]41C=C[C@H]2O1)CC[C@@H]3O. The molecule has 0 aromatic carbocycles. The summed E-state index contributed by atoms with van der Waals surface area (Å²) in [5, 5.41) is 10.6. The second-order valence-electron chi connectivity index (χ2n) is 7.46. The number of ether oxygens (including phenoxy) is 4. The average Bonchev–Trinajstić information content (AvgIpc) is 3.26. The second kappa shape index (κ2) is 3.57. The summed E-state index contributed by atoms with van der Waals surface area (Å²) in [5.74, 6) is -1.24. The summed E-state index contributed by atoms with van der Waals surface area (Å²) in [6.07, 6.45) is 7.16. The van der Waals surface area contributed by atoms with Crippen molar-refractivity contribution in [3.63, 3.8) is 0 Å². The molecule has 1 N–H and O–H groups in total. The van der Waals surface area contributed by atoms with Crippen molar-refractivity contribution in [1.29, 1.82) is 0 Å². The monoisotopic (exact) mass is 318 g/mol. The van der Waals surface area contributed by atoms with Gasteiger partial charge >= 0.3 is 5.97 Å². The topological polar surface area (TPSA) is 74.2 Å². The molecule has 0 aromatic heterocycles. The van der Waals surface area contributed by atoms with Crippen molar-refractivity contribution in [2.45, 2.75) is 54.9 Å². The number of aliphatic hydroxyl groups excluding tert-OH is 1. The number of carbonyl (C=O) groups is 1. The minimum atomic E-state index is -1.06. The fraction of sp³-hybridized carbons (Fsp3) is 0.706. The predicted molar refractivity (Wildman–Crippen MR) is 75.2 cm³/mol. The molecule has 7 aliphatic rings. The molecular formula is C17H18O6. The smallest absolute Gasteiger partial charge is 0.320 e. The van der Waals surface area contributed by atoms with Gasteiger partial charge in [0.25, 0.3) is 0 Å². The Morgan fingerprint density at radius 3 is 2.87 bits per heavy atom. The molecule has 5 atom stereocenters. The van der Waals surface area contributed by atoms with Gasteiger partial charge in [-0.3, -0.25) is 4.79 Å². The maximum Gasteiger partial charge on any atom is 0.320 e. The van der Waals surface area contributed by atoms with E-state index in [1.165, 1.54) is 0 Å². The fourth-order valence-electron chi connectivity index (χ4n) is 5.79. The van der Waals surface area contributed by atoms with Gasteiger partial charge in [-0.2, -0.15) is 0 Å². The van der Waals surface area contributed by atoms with E-state index in [2.05, 4.69) is 0 Å². The van der Waals surface area contributed by atoms with Crippen LogP contribution in [0.15, 0.2) is 23.8 Å². The van der Waals surface area contributed by atoms with Crippen LogP contribution < -0.4 is 0 Å². The van der Waals surface area contributed by atoms with Crippen LogP contribution in [-0.4, -0.2) is 53.5 Å². The maximum absolute atomic E-state index is 13.1. The normalized spacial score (nSPS) is 54.1. The van der Waals surface area contributed by atoms with Crippen LogP contribution in [0.25, 0.3) is 0 Å². The average molecular weight is 318 g/mol. The Bertz CT molecular complexity index is 691. The summed E-state index contributed by atoms with van der Waals surface area (Å²) in [6.45, 7) is 0.998. The van der Waals surface area contributed by atoms with Crippen LogP contribution in [0.5, 0.6) is 0 Å². The molecule has 5 heterocycles. The molecule has 2 saturated heterocycles. The van der Waals surface area contributed by atoms with Crippen molar-refractivity contribution in [3.8, 4) is 0 Å². The van der Waals surface area contributed by atoms with Crippen LogP contribution in [-0.2, 0) is 23.7 Å². The van der Waals surface area contributed by atoms with E-state index in [4.69, 9.17) is 18.9 Å². The van der Waals surface area contributed by atoms with Gasteiger partial charge in [0.15, 0.2) is 11.2 Å². The Hall–Kier alpha value is -1.21. The number of carbonyl (C=O) groups excluding carboxylic acids is 1. The zero-order valence-corrected chi connectivity index (χ0v) is 12.6. The predicted octanol–water partition coefficient (Wildman–Crippen LogP) is 0.594. The van der Waals surface area contributed by atoms with Crippen LogP contribution in [0.3, 0.4) is 0 Å². The molecule has 4 bridgehead atoms. The minimum Gasteiger partial charge on any atom is -0.448 e. The highest BCUT2D eigenvalue weighted by Gasteiger charge is 2.81. The molecule has 0 unspecified atom stereocenters. The van der Waals surface area contributed by atoms with Gasteiger partial charge in [0.1, 0.15) is 17.6 Å². The first-order valence-corrected chi connectivity index (χ1v) is 8.37. The van der Waals surface area contributed by atoms with Crippen molar-refractivity contribution in [1.82, 2.24) is 0 Å². The standard InChI is InChI=1S/C17H18O6/c18-11-2-1-10-9-14-5-6-16(20-7-8-21-16)15(14)4-3-12(22-15)17(10,11)23-13(14)19/h3-4,9,11-12,18H,1-2,5-8H2/t11-,12+,14+,15-,17-/m0/s1. The summed E-state index contributed by atoms with van der Waals surface area (Å²) >= 11 is 0. The van der Waals surface area contributed by atoms with E-state index < -0.39 is 34.6 Å². The quantitative estimate of drug-likeness (QED) is 0.521. The van der Waals surface area contributed by atoms with Gasteiger partial charge in [-0.1, -0.05) is 12.2 Å². The molecule has 122 valence electrons. The van der Waals surface area contributed by atoms with E-state index in [1.54, 1.807) is 0 Å². The van der Waals surface area contributed by atoms with Crippen molar-refractivity contribution >= 4 is 5.97 Å². The molecule has 5 aliphatic heterocycles. The lowest BCUT2D eigenvalue weighted by atomic mass is 9.68. The summed E-state index contributed by atoms with van der Waals surface area (Å²) in [5.41, 5.74) is -1.97. The van der Waals surface area contributed by atoms with Gasteiger partial charge in [0.2, 0.25) is 5.79 Å². The molecule has 4 fully saturated rings. The Balaban J connectivity index is 1.66. The summed E-state index contributed by atoms with van der Waals surface area (Å²) in [6, 6.07) is 0. The van der Waals surface area contributed by atoms with E-state index in [-0.39, 0.29) is 5.97 Å². The van der Waals surface area contributed by atoms with Gasteiger partial charge in [0, 0.05) is 6.42 Å². The van der Waals surface area contributed by atoms with Crippen molar-refractivity contribution in [3.05, 3.63) is 23.8 Å². The van der Waals surface area contributed by atoms with E-state index >= 15 is 0 Å². The molecule has 6 nitrogen and oxygen atoms in total. The minimum absolute atomic E-state index is 0.315. The van der Waals surface area contributed by atoms with Crippen molar-refractivity contribution < 1.29 is 28.8 Å². The molecular weight excluding hydrogens is 300 g/mol. The lowest BCUT2D eigenvalue weighted by Crippen LogP contribution is -2.60. The van der Waals surface area contributed by atoms with Crippen LogP contribution in [0.4, 0.5) is 0 Å². The second-order valence-corrected chi connectivity index (χ2v) is 7.46. The third kappa shape index (κ3) is 1.07. The highest BCUT2D eigenvalue weighted by molar-refractivity contribution is 5.87. The summed E-state index contributed by atoms with van der Waals surface area (Å²) in [7, 11) is 0. The lowest BCUT2D eigenvalue weighted by molar-refractivity contribution is -0.267. The highest BCUT2D eigenvalue weighted by atomic mass is 16.8. The zero-order chi connectivity index (χ0) is 15.5. The lowest BCUT2D eigenvalue weighted by Gasteiger charge is -2.45. The fourth-order valence-corrected chi connectivity index (χ4v) is 5.79. The number of rotatable bonds is 0. The van der Waals surface area contributed by atoms with E-state index in [0.29, 0.717) is 32.5 Å². The van der Waals surface area contributed by atoms with Gasteiger partial charge in [-0.25, -0.2) is 0 Å². The molecule has 23 heavy (non-hydrogen) atoms. The summed E-state index contributed by atoms with van der Waals surface area (Å²) < 4.78 is 24.4. The van der Waals surface area contributed by atoms with Gasteiger partial charge in [-0.15, -0.1) is 0 Å². The van der Waals surface area contributed by atoms with Gasteiger partial charge in [0.05, 0.1) is 13.2 Å². The number of fused-ring (bicyclic) bond motifs is 1. The molecule has 4 spiro atoms. The number of aliphatic hydroxyl groups is 1. The van der Waals surface area contributed by atoms with Gasteiger partial charge in [-0.05, 0) is 30.9 Å². The first kappa shape index (κ1) is 13.1. The first-order valence-electron chi connectivity index (χ1n) is 8.37. The maximum atomic E-state index is 13.1. The third-order valence-corrected chi connectivity index (χ3v) is 6.80. The van der Waals surface area contributed by atoms with E-state index in [9.17, 15) is 9.90 Å². The number of hydrogen-bond acceptors (Lipinski definition) is 6. The molecule has 2 saturated carbocycles. The number of esters is 1. The zero-order valence-electron chi connectivity index (χ0n) is 12.6. The first-order chi connectivity index (χ1) is 11.1. The van der Waals surface area contributed by atoms with Crippen molar-refractivity contribution in [2.75, 3.05) is 13.2 Å². The number of hydrogen-bond donors (Lipinski definition) is 1. The molecule has 2 aliphatic carbocycles. The van der Waals surface area contributed by atoms with Crippen LogP contribution in [0.2, 0.25) is 0 Å². The Labute approximate surface area is 133 Å². The molecule has 6 heteroatoms. The van der Waals surface area contributed by atoms with Crippen LogP contribution in [0, 0.1) is 5.41 Å². The molecule has 0 amide bonds. The Morgan fingerprint density at radius 1 is 1.22 bits per heavy atom. The van der Waals surface area contributed by atoms with Crippen LogP contribution >= 0.6 is 0 Å². The highest BCUT2D eigenvalue weighted by Crippen LogP contribution is 2.68. The third-order valence-electron chi connectivity index (χ3n) is 6.80. The largest absolute Gasteiger partial charge is 0.448 e. The van der Waals surface area contributed by atoms with Gasteiger partial charge < -0.3 is 24.1 Å². The van der Waals surface area contributed by atoms with Crippen LogP contribution in [0.1, 0.15) is 25.7 Å².